The van der Waals surface area contributed by atoms with Gasteiger partial charge in [-0.25, -0.2) is 0 Å². The summed E-state index contributed by atoms with van der Waals surface area (Å²) >= 11 is 0. The minimum atomic E-state index is -3.68. The van der Waals surface area contributed by atoms with Gasteiger partial charge in [0, 0.05) is 5.56 Å². The fraction of sp³-hybridized carbons (Fsp3) is 0.0833. The maximum atomic E-state index is 12.0. The van der Waals surface area contributed by atoms with Gasteiger partial charge in [-0.05, 0) is 18.2 Å². The van der Waals surface area contributed by atoms with E-state index in [9.17, 15) is 8.42 Å². The molecule has 19 heavy (non-hydrogen) atoms. The van der Waals surface area contributed by atoms with E-state index in [2.05, 4.69) is 26.8 Å². The van der Waals surface area contributed by atoms with Crippen LogP contribution in [0.15, 0.2) is 41.6 Å². The summed E-state index contributed by atoms with van der Waals surface area (Å²) in [5.74, 6) is 5.50. The van der Waals surface area contributed by atoms with Crippen LogP contribution in [0.1, 0.15) is 5.56 Å². The molecule has 6 nitrogen and oxygen atoms in total. The standard InChI is InChI=1S/C12H12N4O2S/c13-8-3-5-10-4-1-2-6-11(10)16-19(17,18)12-7-9-14-15-12/h1-2,4,6-7,9,16H,8,13H2,(H,14,15). The molecule has 0 radical (unpaired) electrons. The van der Waals surface area contributed by atoms with Gasteiger partial charge in [0.25, 0.3) is 10.0 Å². The van der Waals surface area contributed by atoms with Crippen molar-refractivity contribution in [3.8, 4) is 11.8 Å². The number of nitrogens with two attached hydrogens (primary N) is 1. The van der Waals surface area contributed by atoms with E-state index < -0.39 is 10.0 Å². The number of benzene rings is 1. The average Bonchev–Trinajstić information content (AvgIpc) is 2.92. The normalized spacial score (nSPS) is 10.6. The number of para-hydroxylation sites is 1. The van der Waals surface area contributed by atoms with Gasteiger partial charge in [0.15, 0.2) is 5.03 Å². The van der Waals surface area contributed by atoms with Gasteiger partial charge in [0.2, 0.25) is 0 Å². The van der Waals surface area contributed by atoms with Crippen LogP contribution in [-0.4, -0.2) is 25.2 Å². The summed E-state index contributed by atoms with van der Waals surface area (Å²) in [5, 5.41) is 6.01. The van der Waals surface area contributed by atoms with E-state index in [0.29, 0.717) is 11.3 Å². The number of anilines is 1. The smallest absolute Gasteiger partial charge is 0.278 e. The summed E-state index contributed by atoms with van der Waals surface area (Å²) in [6.07, 6.45) is 1.37. The van der Waals surface area contributed by atoms with Gasteiger partial charge in [-0.15, -0.1) is 0 Å². The molecule has 1 aromatic heterocycles. The van der Waals surface area contributed by atoms with Crippen LogP contribution >= 0.6 is 0 Å². The zero-order valence-electron chi connectivity index (χ0n) is 9.92. The van der Waals surface area contributed by atoms with E-state index in [4.69, 9.17) is 5.73 Å². The zero-order chi connectivity index (χ0) is 13.7. The van der Waals surface area contributed by atoms with Gasteiger partial charge in [0.05, 0.1) is 18.4 Å². The second kappa shape index (κ2) is 5.56. The third-order valence-corrected chi connectivity index (χ3v) is 3.56. The average molecular weight is 276 g/mol. The Morgan fingerprint density at radius 1 is 1.32 bits per heavy atom. The lowest BCUT2D eigenvalue weighted by Crippen LogP contribution is -2.14. The highest BCUT2D eigenvalue weighted by molar-refractivity contribution is 7.92. The van der Waals surface area contributed by atoms with Crippen molar-refractivity contribution in [3.63, 3.8) is 0 Å². The second-order valence-corrected chi connectivity index (χ2v) is 5.23. The molecular weight excluding hydrogens is 264 g/mol. The first-order valence-corrected chi connectivity index (χ1v) is 6.92. The molecule has 0 bridgehead atoms. The largest absolute Gasteiger partial charge is 0.320 e. The lowest BCUT2D eigenvalue weighted by Gasteiger charge is -2.07. The molecule has 0 saturated heterocycles. The molecule has 1 aromatic carbocycles. The molecule has 0 amide bonds. The molecule has 0 fully saturated rings. The van der Waals surface area contributed by atoms with Gasteiger partial charge >= 0.3 is 0 Å². The van der Waals surface area contributed by atoms with Crippen molar-refractivity contribution in [2.75, 3.05) is 11.3 Å². The van der Waals surface area contributed by atoms with E-state index in [-0.39, 0.29) is 11.6 Å². The maximum Gasteiger partial charge on any atom is 0.278 e. The van der Waals surface area contributed by atoms with Gasteiger partial charge in [-0.3, -0.25) is 9.82 Å². The minimum absolute atomic E-state index is 0.00547. The molecule has 1 heterocycles. The van der Waals surface area contributed by atoms with Gasteiger partial charge in [0.1, 0.15) is 0 Å². The molecule has 0 saturated carbocycles. The summed E-state index contributed by atoms with van der Waals surface area (Å²) in [6.45, 7) is 0.210. The lowest BCUT2D eigenvalue weighted by molar-refractivity contribution is 0.597. The molecule has 0 aliphatic rings. The fourth-order valence-corrected chi connectivity index (χ4v) is 2.41. The van der Waals surface area contributed by atoms with E-state index in [1.165, 1.54) is 12.3 Å². The Balaban J connectivity index is 2.34. The zero-order valence-corrected chi connectivity index (χ0v) is 10.7. The van der Waals surface area contributed by atoms with Crippen molar-refractivity contribution in [1.82, 2.24) is 10.2 Å². The minimum Gasteiger partial charge on any atom is -0.320 e. The van der Waals surface area contributed by atoms with Crippen LogP contribution in [0.25, 0.3) is 0 Å². The Morgan fingerprint density at radius 2 is 2.11 bits per heavy atom. The second-order valence-electron chi connectivity index (χ2n) is 3.58. The molecule has 0 aliphatic heterocycles. The number of aromatic nitrogens is 2. The Labute approximate surface area is 111 Å². The van der Waals surface area contributed by atoms with Crippen LogP contribution in [0.3, 0.4) is 0 Å². The number of nitrogens with one attached hydrogen (secondary N) is 2. The van der Waals surface area contributed by atoms with Crippen molar-refractivity contribution in [2.45, 2.75) is 5.03 Å². The van der Waals surface area contributed by atoms with Crippen molar-refractivity contribution >= 4 is 15.7 Å². The Morgan fingerprint density at radius 3 is 2.79 bits per heavy atom. The summed E-state index contributed by atoms with van der Waals surface area (Å²) in [7, 11) is -3.68. The van der Waals surface area contributed by atoms with Crippen molar-refractivity contribution in [2.24, 2.45) is 5.73 Å². The van der Waals surface area contributed by atoms with E-state index in [0.717, 1.165) is 0 Å². The van der Waals surface area contributed by atoms with Crippen LogP contribution in [-0.2, 0) is 10.0 Å². The van der Waals surface area contributed by atoms with Crippen LogP contribution in [0.5, 0.6) is 0 Å². The molecule has 0 aliphatic carbocycles. The predicted octanol–water partition coefficient (Wildman–Crippen LogP) is 0.521. The monoisotopic (exact) mass is 276 g/mol. The number of nitrogens with zero attached hydrogens (tertiary/aromatic N) is 1. The third kappa shape index (κ3) is 3.13. The highest BCUT2D eigenvalue weighted by Crippen LogP contribution is 2.18. The highest BCUT2D eigenvalue weighted by Gasteiger charge is 2.16. The Bertz CT molecular complexity index is 712. The van der Waals surface area contributed by atoms with Crippen LogP contribution in [0.4, 0.5) is 5.69 Å². The molecule has 7 heteroatoms. The topological polar surface area (TPSA) is 101 Å². The number of hydrogen-bond donors (Lipinski definition) is 3. The first-order valence-electron chi connectivity index (χ1n) is 5.43. The molecule has 2 aromatic rings. The Kier molecular flexibility index (Phi) is 3.85. The van der Waals surface area contributed by atoms with Crippen molar-refractivity contribution in [3.05, 3.63) is 42.1 Å². The molecule has 0 unspecified atom stereocenters. The molecule has 2 rings (SSSR count). The fourth-order valence-electron chi connectivity index (χ4n) is 1.42. The maximum absolute atomic E-state index is 12.0. The number of H-pyrrole nitrogens is 1. The van der Waals surface area contributed by atoms with E-state index >= 15 is 0 Å². The van der Waals surface area contributed by atoms with E-state index in [1.807, 2.05) is 0 Å². The Hall–Kier alpha value is -2.30. The highest BCUT2D eigenvalue weighted by atomic mass is 32.2. The van der Waals surface area contributed by atoms with Crippen LogP contribution in [0, 0.1) is 11.8 Å². The van der Waals surface area contributed by atoms with Crippen LogP contribution < -0.4 is 10.5 Å². The lowest BCUT2D eigenvalue weighted by atomic mass is 10.2. The number of aromatic amines is 1. The molecule has 0 atom stereocenters. The van der Waals surface area contributed by atoms with Crippen molar-refractivity contribution in [1.29, 1.82) is 0 Å². The molecular formula is C12H12N4O2S. The third-order valence-electron chi connectivity index (χ3n) is 2.26. The summed E-state index contributed by atoms with van der Waals surface area (Å²) in [6, 6.07) is 8.21. The van der Waals surface area contributed by atoms with Gasteiger partial charge in [-0.2, -0.15) is 13.5 Å². The quantitative estimate of drug-likeness (QED) is 0.711. The van der Waals surface area contributed by atoms with Crippen LogP contribution in [0.2, 0.25) is 0 Å². The van der Waals surface area contributed by atoms with Gasteiger partial charge < -0.3 is 5.73 Å². The summed E-state index contributed by atoms with van der Waals surface area (Å²) in [4.78, 5) is 0. The number of hydrogen-bond acceptors (Lipinski definition) is 4. The summed E-state index contributed by atoms with van der Waals surface area (Å²) in [5.41, 5.74) is 6.27. The van der Waals surface area contributed by atoms with E-state index in [1.54, 1.807) is 24.3 Å². The molecule has 98 valence electrons. The first kappa shape index (κ1) is 13.1. The summed E-state index contributed by atoms with van der Waals surface area (Å²) < 4.78 is 26.5. The predicted molar refractivity (Wildman–Crippen MR) is 71.8 cm³/mol. The number of sulfonamides is 1. The number of rotatable bonds is 3. The van der Waals surface area contributed by atoms with Gasteiger partial charge in [-0.1, -0.05) is 24.0 Å². The van der Waals surface area contributed by atoms with Crippen molar-refractivity contribution < 1.29 is 8.42 Å². The molecule has 0 spiro atoms. The first-order chi connectivity index (χ1) is 9.13. The molecule has 4 N–H and O–H groups in total. The SMILES string of the molecule is NCC#Cc1ccccc1NS(=O)(=O)c1ccn[nH]1.